The number of hydrogen-bond donors (Lipinski definition) is 2. The predicted octanol–water partition coefficient (Wildman–Crippen LogP) is 9.17. The van der Waals surface area contributed by atoms with E-state index in [2.05, 4.69) is 26.6 Å². The third kappa shape index (κ3) is 7.28. The van der Waals surface area contributed by atoms with Crippen molar-refractivity contribution in [2.75, 3.05) is 10.2 Å². The summed E-state index contributed by atoms with van der Waals surface area (Å²) in [7, 11) is 0. The van der Waals surface area contributed by atoms with Crippen molar-refractivity contribution in [2.45, 2.75) is 26.9 Å². The van der Waals surface area contributed by atoms with Crippen molar-refractivity contribution in [3.8, 4) is 0 Å². The molecular weight excluding hydrogens is 678 g/mol. The van der Waals surface area contributed by atoms with Crippen LogP contribution in [0.25, 0.3) is 6.08 Å². The summed E-state index contributed by atoms with van der Waals surface area (Å²) >= 11 is 6.54. The average molecular weight is 707 g/mol. The zero-order valence-electron chi connectivity index (χ0n) is 24.6. The van der Waals surface area contributed by atoms with Crippen LogP contribution < -0.4 is 15.5 Å². The molecule has 6 rings (SSSR count). The Bertz CT molecular complexity index is 1880. The summed E-state index contributed by atoms with van der Waals surface area (Å²) in [6, 6.07) is 39.4. The van der Waals surface area contributed by atoms with E-state index in [1.165, 1.54) is 11.8 Å². The number of thioether (sulfide) groups is 1. The average Bonchev–Trinajstić information content (AvgIpc) is 3.08. The minimum atomic E-state index is -0.462. The topological polar surface area (TPSA) is 78.5 Å². The molecular formula is C37H28BrN3O3S2. The predicted molar refractivity (Wildman–Crippen MR) is 191 cm³/mol. The molecule has 0 spiro atoms. The van der Waals surface area contributed by atoms with Gasteiger partial charge in [-0.3, -0.25) is 19.3 Å². The number of benzene rings is 5. The lowest BCUT2D eigenvalue weighted by Gasteiger charge is -2.32. The van der Waals surface area contributed by atoms with Gasteiger partial charge in [0.15, 0.2) is 0 Å². The number of para-hydroxylation sites is 2. The van der Waals surface area contributed by atoms with Gasteiger partial charge in [-0.1, -0.05) is 82.3 Å². The van der Waals surface area contributed by atoms with Gasteiger partial charge in [-0.25, -0.2) is 0 Å². The van der Waals surface area contributed by atoms with E-state index >= 15 is 0 Å². The lowest BCUT2D eigenvalue weighted by molar-refractivity contribution is -0.117. The summed E-state index contributed by atoms with van der Waals surface area (Å²) in [6.07, 6.45) is 1.63. The molecule has 0 bridgehead atoms. The van der Waals surface area contributed by atoms with E-state index in [-0.39, 0.29) is 22.8 Å². The zero-order chi connectivity index (χ0) is 32.0. The maximum absolute atomic E-state index is 13.9. The van der Waals surface area contributed by atoms with E-state index in [1.54, 1.807) is 54.2 Å². The van der Waals surface area contributed by atoms with E-state index in [4.69, 9.17) is 0 Å². The number of nitrogens with zero attached hydrogens (tertiary/aromatic N) is 1. The minimum absolute atomic E-state index is 0.0144. The second kappa shape index (κ2) is 14.2. The smallest absolute Gasteiger partial charge is 0.272 e. The SMILES string of the molecule is CC(Sc1ccc(NC(=O)/C(=C/c2ccc(Br)cc2)NC(=O)c2ccccc2)cc1)C(=O)N1c2ccccc2Sc2ccccc21. The lowest BCUT2D eigenvalue weighted by atomic mass is 10.1. The Balaban J connectivity index is 1.16. The fraction of sp³-hybridized carbons (Fsp3) is 0.0541. The fourth-order valence-electron chi connectivity index (χ4n) is 4.86. The first-order valence-electron chi connectivity index (χ1n) is 14.5. The maximum atomic E-state index is 13.9. The molecule has 0 saturated heterocycles. The molecule has 46 heavy (non-hydrogen) atoms. The van der Waals surface area contributed by atoms with Gasteiger partial charge in [-0.05, 0) is 91.4 Å². The summed E-state index contributed by atoms with van der Waals surface area (Å²) in [5.41, 5.74) is 3.62. The molecule has 2 N–H and O–H groups in total. The van der Waals surface area contributed by atoms with Gasteiger partial charge in [0, 0.05) is 30.4 Å². The van der Waals surface area contributed by atoms with Gasteiger partial charge < -0.3 is 10.6 Å². The summed E-state index contributed by atoms with van der Waals surface area (Å²) in [5, 5.41) is 5.28. The fourth-order valence-corrected chi connectivity index (χ4v) is 7.09. The number of hydrogen-bond acceptors (Lipinski definition) is 5. The number of anilines is 3. The first-order valence-corrected chi connectivity index (χ1v) is 17.0. The highest BCUT2D eigenvalue weighted by atomic mass is 79.9. The van der Waals surface area contributed by atoms with Crippen molar-refractivity contribution < 1.29 is 14.4 Å². The van der Waals surface area contributed by atoms with E-state index in [1.807, 2.05) is 103 Å². The van der Waals surface area contributed by atoms with Crippen molar-refractivity contribution in [1.82, 2.24) is 5.32 Å². The van der Waals surface area contributed by atoms with Crippen molar-refractivity contribution in [2.24, 2.45) is 0 Å². The molecule has 6 nitrogen and oxygen atoms in total. The van der Waals surface area contributed by atoms with Crippen molar-refractivity contribution in [1.29, 1.82) is 0 Å². The summed E-state index contributed by atoms with van der Waals surface area (Å²) in [5.74, 6) is -0.863. The van der Waals surface area contributed by atoms with Crippen LogP contribution in [0.5, 0.6) is 0 Å². The molecule has 9 heteroatoms. The van der Waals surface area contributed by atoms with Crippen LogP contribution in [0.3, 0.4) is 0 Å². The van der Waals surface area contributed by atoms with E-state index in [9.17, 15) is 14.4 Å². The molecule has 5 aromatic rings. The molecule has 1 unspecified atom stereocenters. The van der Waals surface area contributed by atoms with Gasteiger partial charge in [0.25, 0.3) is 11.8 Å². The third-order valence-electron chi connectivity index (χ3n) is 7.14. The molecule has 1 heterocycles. The number of halogens is 1. The first kappa shape index (κ1) is 31.4. The molecule has 3 amide bonds. The Hall–Kier alpha value is -4.57. The summed E-state index contributed by atoms with van der Waals surface area (Å²) < 4.78 is 0.905. The third-order valence-corrected chi connectivity index (χ3v) is 9.89. The molecule has 1 aliphatic heterocycles. The van der Waals surface area contributed by atoms with Gasteiger partial charge in [0.05, 0.1) is 16.6 Å². The molecule has 5 aromatic carbocycles. The molecule has 0 saturated carbocycles. The normalized spacial score (nSPS) is 12.8. The molecule has 0 aromatic heterocycles. The summed E-state index contributed by atoms with van der Waals surface area (Å²) in [6.45, 7) is 1.91. The van der Waals surface area contributed by atoms with Crippen LogP contribution in [0.2, 0.25) is 0 Å². The van der Waals surface area contributed by atoms with Crippen LogP contribution in [0.1, 0.15) is 22.8 Å². The largest absolute Gasteiger partial charge is 0.321 e. The number of rotatable bonds is 8. The second-order valence-electron chi connectivity index (χ2n) is 10.4. The molecule has 1 atom stereocenters. The Kier molecular flexibility index (Phi) is 9.73. The minimum Gasteiger partial charge on any atom is -0.321 e. The monoisotopic (exact) mass is 705 g/mol. The molecule has 228 valence electrons. The van der Waals surface area contributed by atoms with Crippen molar-refractivity contribution in [3.05, 3.63) is 149 Å². The Morgan fingerprint density at radius 1 is 0.761 bits per heavy atom. The van der Waals surface area contributed by atoms with Gasteiger partial charge in [-0.15, -0.1) is 11.8 Å². The first-order chi connectivity index (χ1) is 22.4. The van der Waals surface area contributed by atoms with Crippen molar-refractivity contribution >= 4 is 80.3 Å². The Labute approximate surface area is 284 Å². The highest BCUT2D eigenvalue weighted by Gasteiger charge is 2.31. The van der Waals surface area contributed by atoms with Crippen LogP contribution in [0.4, 0.5) is 17.1 Å². The zero-order valence-corrected chi connectivity index (χ0v) is 27.9. The number of carbonyl (C=O) groups is 3. The number of amides is 3. The van der Waals surface area contributed by atoms with Gasteiger partial charge in [0.1, 0.15) is 5.70 Å². The van der Waals surface area contributed by atoms with Crippen LogP contribution in [-0.2, 0) is 9.59 Å². The number of fused-ring (bicyclic) bond motifs is 2. The van der Waals surface area contributed by atoms with E-state index < -0.39 is 5.91 Å². The van der Waals surface area contributed by atoms with Crippen LogP contribution in [0.15, 0.2) is 152 Å². The molecule has 0 radical (unpaired) electrons. The Morgan fingerprint density at radius 3 is 1.98 bits per heavy atom. The Morgan fingerprint density at radius 2 is 1.35 bits per heavy atom. The summed E-state index contributed by atoms with van der Waals surface area (Å²) in [4.78, 5) is 45.0. The molecule has 1 aliphatic rings. The van der Waals surface area contributed by atoms with Crippen LogP contribution >= 0.6 is 39.5 Å². The second-order valence-corrected chi connectivity index (χ2v) is 13.8. The number of nitrogens with one attached hydrogen (secondary N) is 2. The van der Waals surface area contributed by atoms with Crippen LogP contribution in [-0.4, -0.2) is 23.0 Å². The highest BCUT2D eigenvalue weighted by Crippen LogP contribution is 2.48. The van der Waals surface area contributed by atoms with Crippen LogP contribution in [0, 0.1) is 0 Å². The van der Waals surface area contributed by atoms with Gasteiger partial charge >= 0.3 is 0 Å². The van der Waals surface area contributed by atoms with E-state index in [0.29, 0.717) is 11.3 Å². The van der Waals surface area contributed by atoms with Crippen molar-refractivity contribution in [3.63, 3.8) is 0 Å². The highest BCUT2D eigenvalue weighted by molar-refractivity contribution is 9.10. The standard InChI is InChI=1S/C37H28BrN3O3S2/c1-24(37(44)41-31-11-5-7-13-33(31)46-34-14-8-6-12-32(34)41)45-29-21-19-28(20-22-29)39-36(43)30(23-25-15-17-27(38)18-16-25)40-35(42)26-9-3-2-4-10-26/h2-24H,1H3,(H,39,43)(H,40,42)/b30-23-. The quantitative estimate of drug-likeness (QED) is 0.124. The molecule has 0 aliphatic carbocycles. The lowest BCUT2D eigenvalue weighted by Crippen LogP contribution is -2.34. The number of carbonyl (C=O) groups excluding carboxylic acids is 3. The maximum Gasteiger partial charge on any atom is 0.272 e. The van der Waals surface area contributed by atoms with E-state index in [0.717, 1.165) is 36.1 Å². The van der Waals surface area contributed by atoms with Gasteiger partial charge in [-0.2, -0.15) is 0 Å². The van der Waals surface area contributed by atoms with Gasteiger partial charge in [0.2, 0.25) is 5.91 Å². The molecule has 0 fully saturated rings.